The number of unbranched alkanes of at least 4 members (excludes halogenated alkanes) is 1. The Kier molecular flexibility index (Phi) is 22.3. The highest BCUT2D eigenvalue weighted by atomic mass is 16.4. The van der Waals surface area contributed by atoms with Crippen molar-refractivity contribution in [3.8, 4) is 0 Å². The van der Waals surface area contributed by atoms with Crippen molar-refractivity contribution in [3.05, 3.63) is 0 Å². The molecule has 17 N–H and O–H groups in total. The monoisotopic (exact) mass is 733 g/mol. The molecule has 0 aromatic carbocycles. The van der Waals surface area contributed by atoms with E-state index >= 15 is 0 Å². The second-order valence-corrected chi connectivity index (χ2v) is 12.7. The molecule has 0 saturated carbocycles. The number of carboxylic acids is 1. The van der Waals surface area contributed by atoms with Crippen molar-refractivity contribution < 1.29 is 48.9 Å². The zero-order chi connectivity index (χ0) is 39.4. The summed E-state index contributed by atoms with van der Waals surface area (Å²) in [5, 5.41) is 44.4. The lowest BCUT2D eigenvalue weighted by Crippen LogP contribution is -2.61. The molecular weight excluding hydrogens is 674 g/mol. The predicted molar refractivity (Wildman–Crippen MR) is 185 cm³/mol. The van der Waals surface area contributed by atoms with E-state index in [9.17, 15) is 48.9 Å². The van der Waals surface area contributed by atoms with Crippen molar-refractivity contribution in [2.45, 2.75) is 120 Å². The average molecular weight is 734 g/mol. The number of aliphatic hydroxyl groups is 2. The van der Waals surface area contributed by atoms with Gasteiger partial charge in [0.2, 0.25) is 35.4 Å². The molecule has 21 nitrogen and oxygen atoms in total. The van der Waals surface area contributed by atoms with E-state index in [-0.39, 0.29) is 32.2 Å². The normalized spacial score (nSPS) is 16.1. The van der Waals surface area contributed by atoms with Crippen molar-refractivity contribution in [1.82, 2.24) is 36.8 Å². The van der Waals surface area contributed by atoms with Gasteiger partial charge < -0.3 is 69.7 Å². The summed E-state index contributed by atoms with van der Waals surface area (Å²) in [6.07, 6.45) is -3.12. The first kappa shape index (κ1) is 47.0. The van der Waals surface area contributed by atoms with E-state index in [1.165, 1.54) is 13.8 Å². The lowest BCUT2D eigenvalue weighted by atomic mass is 10.0. The van der Waals surface area contributed by atoms with Crippen molar-refractivity contribution in [3.63, 3.8) is 0 Å². The van der Waals surface area contributed by atoms with Crippen LogP contribution in [0.25, 0.3) is 0 Å². The summed E-state index contributed by atoms with van der Waals surface area (Å²) in [7, 11) is 3.68. The minimum Gasteiger partial charge on any atom is -0.480 e. The van der Waals surface area contributed by atoms with Gasteiger partial charge in [-0.25, -0.2) is 4.79 Å². The Labute approximate surface area is 297 Å². The largest absolute Gasteiger partial charge is 0.480 e. The second-order valence-electron chi connectivity index (χ2n) is 12.7. The fraction of sp³-hybridized carbons (Fsp3) is 0.767. The number of aliphatic carboxylic acids is 1. The van der Waals surface area contributed by atoms with Crippen LogP contribution >= 0.6 is 0 Å². The molecule has 0 bridgehead atoms. The van der Waals surface area contributed by atoms with Crippen LogP contribution in [0.3, 0.4) is 0 Å². The summed E-state index contributed by atoms with van der Waals surface area (Å²) in [6, 6.07) is -8.34. The average Bonchev–Trinajstić information content (AvgIpc) is 3.01. The minimum atomic E-state index is -1.74. The van der Waals surface area contributed by atoms with Crippen LogP contribution in [0, 0.1) is 0 Å². The third-order valence-electron chi connectivity index (χ3n) is 7.50. The van der Waals surface area contributed by atoms with Gasteiger partial charge in [-0.15, -0.1) is 0 Å². The highest BCUT2D eigenvalue weighted by Crippen LogP contribution is 2.08. The SMILES string of the molecule is C[C@H](N)C(=O)N[C@@H](CCCNC(N)N)C(=O)N[C@H](C(=O)N[C@@H](CCCCN(C)C)C(=O)N[C@@H](CCC(N)=O)C(=O)N[C@H](C(=O)O)[C@@H](C)O)[C@@H](C)O. The lowest BCUT2D eigenvalue weighted by Gasteiger charge is -2.28. The Hall–Kier alpha value is -3.99. The zero-order valence-electron chi connectivity index (χ0n) is 30.0. The molecule has 0 radical (unpaired) electrons. The van der Waals surface area contributed by atoms with Gasteiger partial charge in [0, 0.05) is 6.42 Å². The van der Waals surface area contributed by atoms with Crippen LogP contribution in [0.2, 0.25) is 0 Å². The van der Waals surface area contributed by atoms with Gasteiger partial charge in [0.25, 0.3) is 0 Å². The van der Waals surface area contributed by atoms with Crippen LogP contribution in [0.15, 0.2) is 0 Å². The molecule has 0 aliphatic carbocycles. The number of hydrogen-bond acceptors (Lipinski definition) is 14. The van der Waals surface area contributed by atoms with Gasteiger partial charge in [-0.3, -0.25) is 34.1 Å². The molecule has 294 valence electrons. The zero-order valence-corrected chi connectivity index (χ0v) is 30.0. The molecule has 0 aromatic rings. The van der Waals surface area contributed by atoms with Crippen LogP contribution in [0.1, 0.15) is 65.7 Å². The topological polar surface area (TPSA) is 360 Å². The van der Waals surface area contributed by atoms with Crippen molar-refractivity contribution in [2.75, 3.05) is 27.2 Å². The Morgan fingerprint density at radius 2 is 1.08 bits per heavy atom. The molecule has 0 aromatic heterocycles. The summed E-state index contributed by atoms with van der Waals surface area (Å²) >= 11 is 0. The van der Waals surface area contributed by atoms with Gasteiger partial charge in [-0.2, -0.15) is 0 Å². The summed E-state index contributed by atoms with van der Waals surface area (Å²) in [5.41, 5.74) is 21.8. The van der Waals surface area contributed by atoms with Gasteiger partial charge in [0.15, 0.2) is 6.04 Å². The minimum absolute atomic E-state index is 0.0326. The summed E-state index contributed by atoms with van der Waals surface area (Å²) in [6.45, 7) is 4.69. The van der Waals surface area contributed by atoms with Crippen molar-refractivity contribution in [2.24, 2.45) is 22.9 Å². The Morgan fingerprint density at radius 3 is 1.53 bits per heavy atom. The Morgan fingerprint density at radius 1 is 0.627 bits per heavy atom. The summed E-state index contributed by atoms with van der Waals surface area (Å²) < 4.78 is 0. The molecule has 0 unspecified atom stereocenters. The number of carbonyl (C=O) groups is 7. The Bertz CT molecular complexity index is 1150. The van der Waals surface area contributed by atoms with E-state index in [2.05, 4.69) is 31.9 Å². The number of nitrogens with zero attached hydrogens (tertiary/aromatic N) is 1. The fourth-order valence-electron chi connectivity index (χ4n) is 4.58. The molecule has 0 saturated heterocycles. The molecule has 0 spiro atoms. The maximum Gasteiger partial charge on any atom is 0.328 e. The van der Waals surface area contributed by atoms with Gasteiger partial charge >= 0.3 is 5.97 Å². The smallest absolute Gasteiger partial charge is 0.328 e. The van der Waals surface area contributed by atoms with Crippen LogP contribution < -0.4 is 54.8 Å². The second kappa shape index (κ2) is 24.2. The molecular formula is C30H59N11O10. The van der Waals surface area contributed by atoms with E-state index < -0.39 is 96.2 Å². The summed E-state index contributed by atoms with van der Waals surface area (Å²) in [5.74, 6) is -6.75. The van der Waals surface area contributed by atoms with Gasteiger partial charge in [0.05, 0.1) is 18.2 Å². The number of nitrogens with one attached hydrogen (secondary N) is 6. The first-order valence-corrected chi connectivity index (χ1v) is 16.7. The van der Waals surface area contributed by atoms with Crippen LogP contribution in [-0.4, -0.2) is 144 Å². The standard InChI is InChI=1S/C30H59N11O10/c1-15(31)24(45)36-19(10-8-13-35-30(33)34)26(47)39-22(16(2)42)28(49)38-18(9-6-7-14-41(4)5)25(46)37-20(11-12-21(32)44)27(48)40-23(17(3)43)29(50)51/h15-20,22-23,30,35,42-43H,6-14,31,33-34H2,1-5H3,(H2,32,44)(H,36,45)(H,37,46)(H,38,49)(H,39,47)(H,40,48)(H,50,51)/t15-,16+,17+,18-,19-,20-,22-,23-/m0/s1. The maximum atomic E-state index is 13.6. The molecule has 8 atom stereocenters. The lowest BCUT2D eigenvalue weighted by molar-refractivity contribution is -0.145. The molecule has 0 heterocycles. The molecule has 51 heavy (non-hydrogen) atoms. The first-order chi connectivity index (χ1) is 23.7. The summed E-state index contributed by atoms with van der Waals surface area (Å²) in [4.78, 5) is 90.8. The number of rotatable bonds is 26. The third kappa shape index (κ3) is 19.8. The number of carboxylic acid groups (broad SMARTS) is 1. The molecule has 0 aliphatic heterocycles. The van der Waals surface area contributed by atoms with E-state index in [0.29, 0.717) is 25.8 Å². The quantitative estimate of drug-likeness (QED) is 0.0291. The Balaban J connectivity index is 6.21. The number of aliphatic hydroxyl groups excluding tert-OH is 2. The van der Waals surface area contributed by atoms with Crippen molar-refractivity contribution >= 4 is 41.4 Å². The maximum absolute atomic E-state index is 13.6. The van der Waals surface area contributed by atoms with E-state index in [0.717, 1.165) is 6.92 Å². The third-order valence-corrected chi connectivity index (χ3v) is 7.50. The molecule has 0 aliphatic rings. The predicted octanol–water partition coefficient (Wildman–Crippen LogP) is -5.83. The van der Waals surface area contributed by atoms with E-state index in [1.54, 1.807) is 0 Å². The number of primary amides is 1. The highest BCUT2D eigenvalue weighted by Gasteiger charge is 2.35. The van der Waals surface area contributed by atoms with Crippen LogP contribution in [-0.2, 0) is 33.6 Å². The van der Waals surface area contributed by atoms with E-state index in [4.69, 9.17) is 22.9 Å². The van der Waals surface area contributed by atoms with E-state index in [1.807, 2.05) is 19.0 Å². The number of carbonyl (C=O) groups excluding carboxylic acids is 6. The van der Waals surface area contributed by atoms with Gasteiger partial charge in [0.1, 0.15) is 30.5 Å². The fourth-order valence-corrected chi connectivity index (χ4v) is 4.58. The van der Waals surface area contributed by atoms with Gasteiger partial charge in [-0.05, 0) is 86.5 Å². The van der Waals surface area contributed by atoms with Crippen LogP contribution in [0.4, 0.5) is 0 Å². The molecule has 21 heteroatoms. The molecule has 0 rings (SSSR count). The molecule has 0 fully saturated rings. The van der Waals surface area contributed by atoms with Crippen molar-refractivity contribution in [1.29, 1.82) is 0 Å². The number of amides is 6. The van der Waals surface area contributed by atoms with Gasteiger partial charge in [-0.1, -0.05) is 0 Å². The number of nitrogens with two attached hydrogens (primary N) is 4. The number of hydrogen-bond donors (Lipinski definition) is 13. The molecule has 6 amide bonds. The van der Waals surface area contributed by atoms with Crippen LogP contribution in [0.5, 0.6) is 0 Å². The first-order valence-electron chi connectivity index (χ1n) is 16.7. The highest BCUT2D eigenvalue weighted by molar-refractivity contribution is 5.96.